The number of carboxylic acids is 1. The lowest BCUT2D eigenvalue weighted by Crippen LogP contribution is -2.68. The fourth-order valence-electron chi connectivity index (χ4n) is 12.5. The molecular weight excluding hydrogens is 744 g/mol. The molecule has 2 bridgehead atoms. The van der Waals surface area contributed by atoms with Crippen molar-refractivity contribution in [2.24, 2.45) is 34.0 Å². The van der Waals surface area contributed by atoms with Crippen LogP contribution in [-0.2, 0) is 33.2 Å². The fourth-order valence-corrected chi connectivity index (χ4v) is 12.5. The molecule has 22 atom stereocenters. The molecule has 18 nitrogen and oxygen atoms in total. The van der Waals surface area contributed by atoms with Gasteiger partial charge in [0.1, 0.15) is 73.2 Å². The Bertz CT molecular complexity index is 1400. The van der Waals surface area contributed by atoms with Crippen LogP contribution in [0, 0.1) is 34.0 Å². The van der Waals surface area contributed by atoms with E-state index in [1.807, 2.05) is 6.92 Å². The monoisotopic (exact) mass is 806 g/mol. The predicted molar refractivity (Wildman–Crippen MR) is 187 cm³/mol. The normalized spacial score (nSPS) is 55.9. The van der Waals surface area contributed by atoms with E-state index in [0.717, 1.165) is 38.5 Å². The van der Waals surface area contributed by atoms with Gasteiger partial charge in [-0.2, -0.15) is 0 Å². The Morgan fingerprint density at radius 3 is 1.71 bits per heavy atom. The van der Waals surface area contributed by atoms with Crippen LogP contribution in [0.15, 0.2) is 0 Å². The van der Waals surface area contributed by atoms with Crippen molar-refractivity contribution in [3.63, 3.8) is 0 Å². The summed E-state index contributed by atoms with van der Waals surface area (Å²) in [4.78, 5) is 12.7. The minimum absolute atomic E-state index is 0.0197. The van der Waals surface area contributed by atoms with Crippen molar-refractivity contribution in [1.82, 2.24) is 0 Å². The number of fused-ring (bicyclic) bond motifs is 3. The van der Waals surface area contributed by atoms with E-state index >= 15 is 0 Å². The topological polar surface area (TPSA) is 295 Å². The summed E-state index contributed by atoms with van der Waals surface area (Å²) in [6.07, 6.45) is -18.3. The molecule has 18 heteroatoms. The van der Waals surface area contributed by atoms with Crippen molar-refractivity contribution in [2.75, 3.05) is 19.8 Å². The van der Waals surface area contributed by atoms with Gasteiger partial charge in [0.05, 0.1) is 30.8 Å². The molecule has 0 aromatic carbocycles. The second kappa shape index (κ2) is 15.7. The summed E-state index contributed by atoms with van der Waals surface area (Å²) in [7, 11) is 0. The first kappa shape index (κ1) is 42.9. The molecule has 3 heterocycles. The molecule has 4 aliphatic carbocycles. The Hall–Kier alpha value is -1.17. The average Bonchev–Trinajstić information content (AvgIpc) is 3.36. The van der Waals surface area contributed by atoms with Crippen molar-refractivity contribution in [2.45, 2.75) is 176 Å². The van der Waals surface area contributed by atoms with E-state index in [0.29, 0.717) is 19.3 Å². The fraction of sp³-hybridized carbons (Fsp3) is 0.974. The van der Waals surface area contributed by atoms with Gasteiger partial charge in [-0.3, -0.25) is 4.79 Å². The molecule has 11 N–H and O–H groups in total. The third-order valence-electron chi connectivity index (χ3n) is 15.5. The number of hydrogen-bond donors (Lipinski definition) is 11. The minimum atomic E-state index is -1.90. The van der Waals surface area contributed by atoms with Gasteiger partial charge in [0.25, 0.3) is 0 Å². The Morgan fingerprint density at radius 1 is 0.643 bits per heavy atom. The lowest BCUT2D eigenvalue weighted by molar-refractivity contribution is -0.402. The quantitative estimate of drug-likeness (QED) is 0.104. The number of aliphatic hydroxyl groups is 10. The molecule has 0 aromatic rings. The van der Waals surface area contributed by atoms with Gasteiger partial charge in [0.15, 0.2) is 18.9 Å². The molecule has 322 valence electrons. The third kappa shape index (κ3) is 6.77. The Labute approximate surface area is 325 Å². The Kier molecular flexibility index (Phi) is 12.0. The van der Waals surface area contributed by atoms with E-state index in [9.17, 15) is 61.0 Å². The number of hydrogen-bond acceptors (Lipinski definition) is 17. The van der Waals surface area contributed by atoms with E-state index in [4.69, 9.17) is 28.4 Å². The minimum Gasteiger partial charge on any atom is -0.481 e. The van der Waals surface area contributed by atoms with Gasteiger partial charge >= 0.3 is 5.97 Å². The highest BCUT2D eigenvalue weighted by atomic mass is 16.8. The van der Waals surface area contributed by atoms with Gasteiger partial charge in [-0.15, -0.1) is 0 Å². The van der Waals surface area contributed by atoms with E-state index in [1.165, 1.54) is 0 Å². The summed E-state index contributed by atoms with van der Waals surface area (Å²) in [5, 5.41) is 116. The summed E-state index contributed by atoms with van der Waals surface area (Å²) < 4.78 is 36.9. The molecule has 4 saturated carbocycles. The smallest absolute Gasteiger partial charge is 0.309 e. The zero-order valence-electron chi connectivity index (χ0n) is 32.2. The van der Waals surface area contributed by atoms with E-state index in [2.05, 4.69) is 13.8 Å². The van der Waals surface area contributed by atoms with Crippen LogP contribution in [0.5, 0.6) is 0 Å². The SMILES string of the molecule is C[C@@H]1C[C@@]23CC[C@H]4[C@@](C)(CCC[C@@]4(C)C(=O)O)[C@@H]2CC[C@]1(O[C@@H]1O[C@H](CO)[C@@H](O)[C@@H](O[C@@H]2OC(CO)[C@@H](O)C(O)[C@@H]2O)[C@H]1OC1O[C@@H](CO)[C@H](O)[C@H](O)[C@@H]1O)C3. The molecule has 1 spiro atoms. The predicted octanol–water partition coefficient (Wildman–Crippen LogP) is -2.29. The van der Waals surface area contributed by atoms with Crippen LogP contribution in [0.3, 0.4) is 0 Å². The van der Waals surface area contributed by atoms with Crippen LogP contribution >= 0.6 is 0 Å². The molecule has 56 heavy (non-hydrogen) atoms. The average molecular weight is 807 g/mol. The molecule has 0 aromatic heterocycles. The van der Waals surface area contributed by atoms with Crippen LogP contribution < -0.4 is 0 Å². The highest BCUT2D eigenvalue weighted by Gasteiger charge is 2.70. The first-order valence-electron chi connectivity index (χ1n) is 20.2. The molecule has 3 unspecified atom stereocenters. The molecule has 0 radical (unpaired) electrons. The van der Waals surface area contributed by atoms with Gasteiger partial charge < -0.3 is 84.6 Å². The number of aliphatic hydroxyl groups excluding tert-OH is 10. The van der Waals surface area contributed by atoms with E-state index in [-0.39, 0.29) is 28.6 Å². The molecular formula is C38H62O18. The highest BCUT2D eigenvalue weighted by molar-refractivity contribution is 5.75. The summed E-state index contributed by atoms with van der Waals surface area (Å²) in [5.74, 6) is -0.551. The Morgan fingerprint density at radius 2 is 1.16 bits per heavy atom. The van der Waals surface area contributed by atoms with Crippen LogP contribution in [-0.4, -0.2) is 180 Å². The highest BCUT2D eigenvalue weighted by Crippen LogP contribution is 2.73. The summed E-state index contributed by atoms with van der Waals surface area (Å²) in [6, 6.07) is 0. The van der Waals surface area contributed by atoms with Gasteiger partial charge in [-0.1, -0.05) is 20.3 Å². The molecule has 7 rings (SSSR count). The zero-order valence-corrected chi connectivity index (χ0v) is 32.2. The van der Waals surface area contributed by atoms with Crippen molar-refractivity contribution < 1.29 is 89.4 Å². The standard InChI is InChI=1S/C38H62O18/c1-16-11-37-9-5-20-35(2,7-4-8-36(20,3)34(49)50)21(37)6-10-38(16,15-37)56-33-30(55-32-28(48)26(46)23(43)18(13-40)52-32)29(24(44)19(14-41)53-33)54-31-27(47)25(45)22(42)17(12-39)51-31/h16-33,39-48H,4-15H2,1-3H3,(H,49,50)/t16-,17?,18+,19-,20+,21+,22-,23+,24-,25?,26+,27+,28+,29-,30-,31+,32?,33+,35-,36-,37-,38+/m1/s1. The van der Waals surface area contributed by atoms with Crippen LogP contribution in [0.1, 0.15) is 78.6 Å². The Balaban J connectivity index is 1.21. The number of carbonyl (C=O) groups is 1. The summed E-state index contributed by atoms with van der Waals surface area (Å²) in [5.41, 5.74) is -2.04. The molecule has 3 aliphatic heterocycles. The molecule has 0 amide bonds. The van der Waals surface area contributed by atoms with E-state index < -0.39 is 129 Å². The van der Waals surface area contributed by atoms with Crippen molar-refractivity contribution in [1.29, 1.82) is 0 Å². The van der Waals surface area contributed by atoms with E-state index in [1.54, 1.807) is 0 Å². The number of ether oxygens (including phenoxy) is 6. The van der Waals surface area contributed by atoms with Crippen LogP contribution in [0.4, 0.5) is 0 Å². The molecule has 7 aliphatic rings. The van der Waals surface area contributed by atoms with Gasteiger partial charge in [-0.25, -0.2) is 0 Å². The number of rotatable bonds is 10. The number of carboxylic acid groups (broad SMARTS) is 1. The summed E-state index contributed by atoms with van der Waals surface area (Å²) >= 11 is 0. The molecule has 7 fully saturated rings. The first-order chi connectivity index (χ1) is 26.4. The maximum atomic E-state index is 12.7. The second-order valence-electron chi connectivity index (χ2n) is 18.4. The van der Waals surface area contributed by atoms with Gasteiger partial charge in [0.2, 0.25) is 0 Å². The second-order valence-corrected chi connectivity index (χ2v) is 18.4. The molecule has 3 saturated heterocycles. The van der Waals surface area contributed by atoms with Crippen LogP contribution in [0.25, 0.3) is 0 Å². The maximum Gasteiger partial charge on any atom is 0.309 e. The van der Waals surface area contributed by atoms with Crippen LogP contribution in [0.2, 0.25) is 0 Å². The van der Waals surface area contributed by atoms with Gasteiger partial charge in [0, 0.05) is 0 Å². The lowest BCUT2D eigenvalue weighted by Gasteiger charge is -2.64. The lowest BCUT2D eigenvalue weighted by atomic mass is 9.41. The van der Waals surface area contributed by atoms with Crippen molar-refractivity contribution in [3.8, 4) is 0 Å². The maximum absolute atomic E-state index is 12.7. The van der Waals surface area contributed by atoms with Crippen molar-refractivity contribution >= 4 is 5.97 Å². The van der Waals surface area contributed by atoms with Gasteiger partial charge in [-0.05, 0) is 86.9 Å². The largest absolute Gasteiger partial charge is 0.481 e. The summed E-state index contributed by atoms with van der Waals surface area (Å²) in [6.45, 7) is 3.98. The zero-order chi connectivity index (χ0) is 40.7. The first-order valence-corrected chi connectivity index (χ1v) is 20.2. The number of aliphatic carboxylic acids is 1. The third-order valence-corrected chi connectivity index (χ3v) is 15.5. The van der Waals surface area contributed by atoms with Crippen molar-refractivity contribution in [3.05, 3.63) is 0 Å².